The largest absolute Gasteiger partial charge is 0.508 e. The Labute approximate surface area is 112 Å². The topological polar surface area (TPSA) is 122 Å². The zero-order valence-electron chi connectivity index (χ0n) is 10.9. The first-order valence-electron chi connectivity index (χ1n) is 6.09. The van der Waals surface area contributed by atoms with E-state index in [4.69, 9.17) is 5.73 Å². The highest BCUT2D eigenvalue weighted by atomic mass is 16.3. The quantitative estimate of drug-likeness (QED) is 0.463. The van der Waals surface area contributed by atoms with E-state index in [-0.39, 0.29) is 24.2 Å². The van der Waals surface area contributed by atoms with E-state index in [1.807, 2.05) is 0 Å². The molecule has 0 radical (unpaired) electrons. The Morgan fingerprint density at radius 1 is 1.47 bits per heavy atom. The standard InChI is InChI=1S/C13H18N2O3.H3N/c14-12-4-3-10(16)6-9(12)7-13(18)15-5-1-2-11(17)8-15;/h3-4,6,11,16-17H,1-2,5,7-8,14H2;1H3. The Balaban J connectivity index is 0.00000180. The molecule has 1 heterocycles. The summed E-state index contributed by atoms with van der Waals surface area (Å²) in [7, 11) is 0. The molecule has 0 spiro atoms. The molecule has 1 aliphatic heterocycles. The van der Waals surface area contributed by atoms with E-state index in [0.717, 1.165) is 12.8 Å². The summed E-state index contributed by atoms with van der Waals surface area (Å²) in [5, 5.41) is 18.9. The number of phenolic OH excluding ortho intramolecular Hbond substituents is 1. The monoisotopic (exact) mass is 267 g/mol. The molecule has 19 heavy (non-hydrogen) atoms. The molecule has 106 valence electrons. The Morgan fingerprint density at radius 3 is 2.89 bits per heavy atom. The van der Waals surface area contributed by atoms with Crippen molar-refractivity contribution in [3.8, 4) is 5.75 Å². The minimum atomic E-state index is -0.427. The second-order valence-corrected chi connectivity index (χ2v) is 4.70. The van der Waals surface area contributed by atoms with Gasteiger partial charge in [0.25, 0.3) is 0 Å². The van der Waals surface area contributed by atoms with Gasteiger partial charge in [0.05, 0.1) is 12.5 Å². The highest BCUT2D eigenvalue weighted by Crippen LogP contribution is 2.20. The molecule has 2 rings (SSSR count). The van der Waals surface area contributed by atoms with Gasteiger partial charge in [0.15, 0.2) is 0 Å². The van der Waals surface area contributed by atoms with Crippen molar-refractivity contribution in [2.24, 2.45) is 0 Å². The van der Waals surface area contributed by atoms with Gasteiger partial charge in [-0.1, -0.05) is 0 Å². The van der Waals surface area contributed by atoms with Crippen LogP contribution >= 0.6 is 0 Å². The van der Waals surface area contributed by atoms with E-state index in [1.165, 1.54) is 12.1 Å². The summed E-state index contributed by atoms with van der Waals surface area (Å²) in [6.45, 7) is 1.06. The molecule has 1 aromatic rings. The number of amides is 1. The first-order chi connectivity index (χ1) is 8.56. The predicted molar refractivity (Wildman–Crippen MR) is 73.1 cm³/mol. The van der Waals surface area contributed by atoms with Gasteiger partial charge in [-0.2, -0.15) is 0 Å². The molecular weight excluding hydrogens is 246 g/mol. The number of hydrogen-bond donors (Lipinski definition) is 4. The summed E-state index contributed by atoms with van der Waals surface area (Å²) in [5.74, 6) is 0.0386. The second kappa shape index (κ2) is 6.40. The van der Waals surface area contributed by atoms with Crippen LogP contribution in [0.2, 0.25) is 0 Å². The average molecular weight is 267 g/mol. The highest BCUT2D eigenvalue weighted by Gasteiger charge is 2.22. The van der Waals surface area contributed by atoms with Crippen molar-refractivity contribution >= 4 is 11.6 Å². The van der Waals surface area contributed by atoms with E-state index in [1.54, 1.807) is 11.0 Å². The molecule has 1 saturated heterocycles. The number of aliphatic hydroxyl groups excluding tert-OH is 1. The maximum Gasteiger partial charge on any atom is 0.227 e. The van der Waals surface area contributed by atoms with Gasteiger partial charge in [0.2, 0.25) is 5.91 Å². The molecule has 0 bridgehead atoms. The Kier molecular flexibility index (Phi) is 5.14. The SMILES string of the molecule is N.Nc1ccc(O)cc1CC(=O)N1CCCC(O)C1. The highest BCUT2D eigenvalue weighted by molar-refractivity contribution is 5.80. The fourth-order valence-electron chi connectivity index (χ4n) is 2.20. The first kappa shape index (κ1) is 15.3. The number of β-amino-alcohol motifs (C(OH)–C–C–N with tert-alkyl or cyclic N) is 1. The number of aromatic hydroxyl groups is 1. The number of piperidine rings is 1. The average Bonchev–Trinajstić information content (AvgIpc) is 2.34. The van der Waals surface area contributed by atoms with E-state index in [0.29, 0.717) is 24.3 Å². The van der Waals surface area contributed by atoms with E-state index in [9.17, 15) is 15.0 Å². The first-order valence-corrected chi connectivity index (χ1v) is 6.09. The number of nitrogen functional groups attached to an aromatic ring is 1. The normalized spacial score (nSPS) is 18.8. The lowest BCUT2D eigenvalue weighted by molar-refractivity contribution is -0.133. The van der Waals surface area contributed by atoms with Crippen LogP contribution in [0.15, 0.2) is 18.2 Å². The Hall–Kier alpha value is -1.79. The molecule has 7 N–H and O–H groups in total. The predicted octanol–water partition coefficient (Wildman–Crippen LogP) is 0.662. The van der Waals surface area contributed by atoms with Gasteiger partial charge in [-0.15, -0.1) is 0 Å². The van der Waals surface area contributed by atoms with Gasteiger partial charge in [0.1, 0.15) is 5.75 Å². The summed E-state index contributed by atoms with van der Waals surface area (Å²) in [6.07, 6.45) is 1.30. The summed E-state index contributed by atoms with van der Waals surface area (Å²) in [4.78, 5) is 13.7. The lowest BCUT2D eigenvalue weighted by atomic mass is 10.1. The van der Waals surface area contributed by atoms with E-state index < -0.39 is 6.10 Å². The van der Waals surface area contributed by atoms with Crippen LogP contribution in [0.1, 0.15) is 18.4 Å². The Bertz CT molecular complexity index is 451. The van der Waals surface area contributed by atoms with Crippen LogP contribution in [0.25, 0.3) is 0 Å². The number of anilines is 1. The molecule has 0 aliphatic carbocycles. The number of aliphatic hydroxyl groups is 1. The van der Waals surface area contributed by atoms with E-state index >= 15 is 0 Å². The third kappa shape index (κ3) is 3.84. The van der Waals surface area contributed by atoms with Crippen LogP contribution in [0, 0.1) is 0 Å². The third-order valence-electron chi connectivity index (χ3n) is 3.22. The van der Waals surface area contributed by atoms with Crippen LogP contribution in [-0.4, -0.2) is 40.2 Å². The number of benzene rings is 1. The molecule has 0 aromatic heterocycles. The molecule has 6 heteroatoms. The zero-order valence-corrected chi connectivity index (χ0v) is 10.9. The van der Waals surface area contributed by atoms with Crippen molar-refractivity contribution in [1.29, 1.82) is 0 Å². The molecule has 0 saturated carbocycles. The number of carbonyl (C=O) groups is 1. The number of nitrogens with zero attached hydrogens (tertiary/aromatic N) is 1. The van der Waals surface area contributed by atoms with Crippen molar-refractivity contribution in [3.05, 3.63) is 23.8 Å². The minimum Gasteiger partial charge on any atom is -0.508 e. The fraction of sp³-hybridized carbons (Fsp3) is 0.462. The van der Waals surface area contributed by atoms with Gasteiger partial charge in [-0.25, -0.2) is 0 Å². The van der Waals surface area contributed by atoms with Gasteiger partial charge in [-0.05, 0) is 36.6 Å². The zero-order chi connectivity index (χ0) is 13.1. The molecule has 1 amide bonds. The van der Waals surface area contributed by atoms with Crippen LogP contribution in [0.4, 0.5) is 5.69 Å². The smallest absolute Gasteiger partial charge is 0.227 e. The molecule has 1 atom stereocenters. The molecular formula is C13H21N3O3. The van der Waals surface area contributed by atoms with Crippen LogP contribution in [0.5, 0.6) is 5.75 Å². The summed E-state index contributed by atoms with van der Waals surface area (Å²) in [6, 6.07) is 4.59. The minimum absolute atomic E-state index is 0. The third-order valence-corrected chi connectivity index (χ3v) is 3.22. The van der Waals surface area contributed by atoms with Crippen LogP contribution < -0.4 is 11.9 Å². The van der Waals surface area contributed by atoms with Crippen molar-refractivity contribution < 1.29 is 15.0 Å². The van der Waals surface area contributed by atoms with Crippen LogP contribution in [-0.2, 0) is 11.2 Å². The number of hydrogen-bond acceptors (Lipinski definition) is 5. The molecule has 6 nitrogen and oxygen atoms in total. The Morgan fingerprint density at radius 2 is 2.21 bits per heavy atom. The van der Waals surface area contributed by atoms with Gasteiger partial charge < -0.3 is 27.0 Å². The molecule has 1 unspecified atom stereocenters. The number of rotatable bonds is 2. The lowest BCUT2D eigenvalue weighted by Gasteiger charge is -2.30. The molecule has 1 aromatic carbocycles. The lowest BCUT2D eigenvalue weighted by Crippen LogP contribution is -2.42. The van der Waals surface area contributed by atoms with Crippen molar-refractivity contribution in [3.63, 3.8) is 0 Å². The summed E-state index contributed by atoms with van der Waals surface area (Å²) in [5.41, 5.74) is 6.89. The maximum atomic E-state index is 12.1. The summed E-state index contributed by atoms with van der Waals surface area (Å²) < 4.78 is 0. The second-order valence-electron chi connectivity index (χ2n) is 4.70. The molecule has 1 fully saturated rings. The van der Waals surface area contributed by atoms with E-state index in [2.05, 4.69) is 0 Å². The van der Waals surface area contributed by atoms with Crippen molar-refractivity contribution in [2.75, 3.05) is 18.8 Å². The number of carbonyl (C=O) groups excluding carboxylic acids is 1. The van der Waals surface area contributed by atoms with Gasteiger partial charge in [0, 0.05) is 18.8 Å². The number of likely N-dealkylation sites (tertiary alicyclic amines) is 1. The van der Waals surface area contributed by atoms with Gasteiger partial charge in [-0.3, -0.25) is 4.79 Å². The van der Waals surface area contributed by atoms with Crippen molar-refractivity contribution in [1.82, 2.24) is 11.1 Å². The number of nitrogens with two attached hydrogens (primary N) is 1. The van der Waals surface area contributed by atoms with Gasteiger partial charge >= 0.3 is 0 Å². The van der Waals surface area contributed by atoms with Crippen LogP contribution in [0.3, 0.4) is 0 Å². The van der Waals surface area contributed by atoms with Crippen molar-refractivity contribution in [2.45, 2.75) is 25.4 Å². The number of phenols is 1. The molecule has 1 aliphatic rings. The summed E-state index contributed by atoms with van der Waals surface area (Å²) >= 11 is 0. The maximum absolute atomic E-state index is 12.1. The fourth-order valence-corrected chi connectivity index (χ4v) is 2.20.